The summed E-state index contributed by atoms with van der Waals surface area (Å²) in [7, 11) is 5.78. The summed E-state index contributed by atoms with van der Waals surface area (Å²) in [6, 6.07) is 9.76. The number of carbonyl (C=O) groups excluding carboxylic acids is 1. The summed E-state index contributed by atoms with van der Waals surface area (Å²) in [5, 5.41) is 0. The molecule has 1 rings (SSSR count). The Labute approximate surface area is 110 Å². The van der Waals surface area contributed by atoms with Crippen LogP contribution in [0, 0.1) is 0 Å². The Morgan fingerprint density at radius 2 is 1.78 bits per heavy atom. The van der Waals surface area contributed by atoms with E-state index < -0.39 is 0 Å². The molecule has 0 saturated heterocycles. The Hall–Kier alpha value is -1.35. The van der Waals surface area contributed by atoms with E-state index in [0.717, 1.165) is 24.9 Å². The number of carbonyl (C=O) groups is 1. The van der Waals surface area contributed by atoms with Crippen LogP contribution in [0.5, 0.6) is 0 Å². The van der Waals surface area contributed by atoms with Gasteiger partial charge in [-0.25, -0.2) is 0 Å². The molecule has 1 aromatic carbocycles. The number of benzene rings is 1. The van der Waals surface area contributed by atoms with Crippen molar-refractivity contribution in [2.45, 2.75) is 25.8 Å². The topological polar surface area (TPSA) is 23.6 Å². The number of rotatable bonds is 6. The van der Waals surface area contributed by atoms with Gasteiger partial charge in [-0.3, -0.25) is 9.69 Å². The van der Waals surface area contributed by atoms with Crippen molar-refractivity contribution in [2.24, 2.45) is 0 Å². The highest BCUT2D eigenvalue weighted by Gasteiger charge is 2.25. The number of nitrogens with zero attached hydrogens (tertiary/aromatic N) is 2. The van der Waals surface area contributed by atoms with Crippen LogP contribution < -0.4 is 0 Å². The van der Waals surface area contributed by atoms with Crippen molar-refractivity contribution in [3.05, 3.63) is 35.9 Å². The molecule has 1 atom stereocenters. The summed E-state index contributed by atoms with van der Waals surface area (Å²) in [5.74, 6) is 0.166. The zero-order valence-corrected chi connectivity index (χ0v) is 11.9. The summed E-state index contributed by atoms with van der Waals surface area (Å²) in [6.45, 7) is 2.96. The fraction of sp³-hybridized carbons (Fsp3) is 0.533. The van der Waals surface area contributed by atoms with E-state index in [1.807, 2.05) is 61.3 Å². The predicted octanol–water partition coefficient (Wildman–Crippen LogP) is 2.55. The number of hydrogen-bond donors (Lipinski definition) is 0. The number of amides is 1. The molecule has 1 amide bonds. The number of hydrogen-bond acceptors (Lipinski definition) is 2. The molecule has 0 radical (unpaired) electrons. The van der Waals surface area contributed by atoms with Crippen molar-refractivity contribution in [1.82, 2.24) is 9.80 Å². The third-order valence-electron chi connectivity index (χ3n) is 3.09. The van der Waals surface area contributed by atoms with Gasteiger partial charge in [-0.15, -0.1) is 0 Å². The molecule has 0 aliphatic carbocycles. The molecular formula is C15H24N2O. The summed E-state index contributed by atoms with van der Waals surface area (Å²) < 4.78 is 0. The van der Waals surface area contributed by atoms with E-state index in [0.29, 0.717) is 0 Å². The van der Waals surface area contributed by atoms with Gasteiger partial charge < -0.3 is 4.90 Å². The van der Waals surface area contributed by atoms with Crippen molar-refractivity contribution in [1.29, 1.82) is 0 Å². The Morgan fingerprint density at radius 1 is 1.17 bits per heavy atom. The molecule has 3 heteroatoms. The monoisotopic (exact) mass is 248 g/mol. The summed E-state index contributed by atoms with van der Waals surface area (Å²) in [5.41, 5.74) is 1.05. The maximum atomic E-state index is 12.5. The molecule has 3 nitrogen and oxygen atoms in total. The predicted molar refractivity (Wildman–Crippen MR) is 75.4 cm³/mol. The molecule has 0 spiro atoms. The fourth-order valence-corrected chi connectivity index (χ4v) is 2.01. The van der Waals surface area contributed by atoms with Crippen LogP contribution in [0.2, 0.25) is 0 Å². The molecule has 0 saturated carbocycles. The second-order valence-corrected chi connectivity index (χ2v) is 4.89. The van der Waals surface area contributed by atoms with Crippen molar-refractivity contribution in [2.75, 3.05) is 27.7 Å². The molecule has 0 N–H and O–H groups in total. The summed E-state index contributed by atoms with van der Waals surface area (Å²) >= 11 is 0. The van der Waals surface area contributed by atoms with E-state index in [9.17, 15) is 4.79 Å². The minimum atomic E-state index is -0.187. The van der Waals surface area contributed by atoms with Gasteiger partial charge in [0.25, 0.3) is 0 Å². The van der Waals surface area contributed by atoms with Crippen LogP contribution in [-0.2, 0) is 4.79 Å². The maximum Gasteiger partial charge on any atom is 0.244 e. The van der Waals surface area contributed by atoms with Gasteiger partial charge in [0.2, 0.25) is 5.91 Å². The van der Waals surface area contributed by atoms with E-state index in [1.165, 1.54) is 0 Å². The van der Waals surface area contributed by atoms with Gasteiger partial charge in [0.15, 0.2) is 0 Å². The molecule has 0 aliphatic rings. The Bertz CT molecular complexity index is 362. The molecule has 0 aromatic heterocycles. The highest BCUT2D eigenvalue weighted by Crippen LogP contribution is 2.20. The lowest BCUT2D eigenvalue weighted by atomic mass is 10.0. The normalized spacial score (nSPS) is 12.5. The van der Waals surface area contributed by atoms with Gasteiger partial charge in [-0.1, -0.05) is 43.7 Å². The van der Waals surface area contributed by atoms with Crippen LogP contribution in [-0.4, -0.2) is 43.4 Å². The first-order chi connectivity index (χ1) is 8.57. The van der Waals surface area contributed by atoms with Crippen LogP contribution in [0.15, 0.2) is 30.3 Å². The van der Waals surface area contributed by atoms with Crippen LogP contribution >= 0.6 is 0 Å². The molecule has 0 fully saturated rings. The Kier molecular flexibility index (Phi) is 5.86. The quantitative estimate of drug-likeness (QED) is 0.772. The van der Waals surface area contributed by atoms with Gasteiger partial charge in [0, 0.05) is 13.6 Å². The zero-order valence-electron chi connectivity index (χ0n) is 11.9. The highest BCUT2D eigenvalue weighted by molar-refractivity contribution is 5.83. The first kappa shape index (κ1) is 14.7. The van der Waals surface area contributed by atoms with Gasteiger partial charge in [0.1, 0.15) is 6.04 Å². The SMILES string of the molecule is CCCCN(C)C(=O)C(c1ccccc1)N(C)C. The first-order valence-corrected chi connectivity index (χ1v) is 6.54. The van der Waals surface area contributed by atoms with Crippen molar-refractivity contribution >= 4 is 5.91 Å². The van der Waals surface area contributed by atoms with Crippen LogP contribution in [0.1, 0.15) is 31.4 Å². The molecule has 1 unspecified atom stereocenters. The average molecular weight is 248 g/mol. The molecule has 100 valence electrons. The second kappa shape index (κ2) is 7.17. The van der Waals surface area contributed by atoms with Crippen molar-refractivity contribution < 1.29 is 4.79 Å². The minimum absolute atomic E-state index is 0.166. The van der Waals surface area contributed by atoms with E-state index in [1.54, 1.807) is 0 Å². The lowest BCUT2D eigenvalue weighted by Crippen LogP contribution is -2.38. The van der Waals surface area contributed by atoms with Crippen LogP contribution in [0.4, 0.5) is 0 Å². The fourth-order valence-electron chi connectivity index (χ4n) is 2.01. The van der Waals surface area contributed by atoms with Crippen molar-refractivity contribution in [3.63, 3.8) is 0 Å². The lowest BCUT2D eigenvalue weighted by molar-refractivity contribution is -0.135. The van der Waals surface area contributed by atoms with Gasteiger partial charge in [0.05, 0.1) is 0 Å². The molecule has 1 aromatic rings. The van der Waals surface area contributed by atoms with Gasteiger partial charge in [-0.05, 0) is 26.1 Å². The molecule has 0 aliphatic heterocycles. The smallest absolute Gasteiger partial charge is 0.244 e. The average Bonchev–Trinajstić information content (AvgIpc) is 2.36. The van der Waals surface area contributed by atoms with Gasteiger partial charge >= 0.3 is 0 Å². The molecule has 0 bridgehead atoms. The Morgan fingerprint density at radius 3 is 2.28 bits per heavy atom. The highest BCUT2D eigenvalue weighted by atomic mass is 16.2. The third-order valence-corrected chi connectivity index (χ3v) is 3.09. The van der Waals surface area contributed by atoms with Crippen LogP contribution in [0.25, 0.3) is 0 Å². The Balaban J connectivity index is 2.83. The standard InChI is InChI=1S/C15H24N2O/c1-5-6-12-17(4)15(18)14(16(2)3)13-10-8-7-9-11-13/h7-11,14H,5-6,12H2,1-4H3. The minimum Gasteiger partial charge on any atom is -0.344 e. The lowest BCUT2D eigenvalue weighted by Gasteiger charge is -2.28. The maximum absolute atomic E-state index is 12.5. The van der Waals surface area contributed by atoms with E-state index in [-0.39, 0.29) is 11.9 Å². The van der Waals surface area contributed by atoms with Crippen molar-refractivity contribution in [3.8, 4) is 0 Å². The summed E-state index contributed by atoms with van der Waals surface area (Å²) in [4.78, 5) is 16.3. The van der Waals surface area contributed by atoms with E-state index >= 15 is 0 Å². The van der Waals surface area contributed by atoms with Gasteiger partial charge in [-0.2, -0.15) is 0 Å². The van der Waals surface area contributed by atoms with Crippen LogP contribution in [0.3, 0.4) is 0 Å². The number of likely N-dealkylation sites (N-methyl/N-ethyl adjacent to an activating group) is 2. The zero-order chi connectivity index (χ0) is 13.5. The molecule has 18 heavy (non-hydrogen) atoms. The molecule has 0 heterocycles. The second-order valence-electron chi connectivity index (χ2n) is 4.89. The van der Waals surface area contributed by atoms with E-state index in [4.69, 9.17) is 0 Å². The number of unbranched alkanes of at least 4 members (excludes halogenated alkanes) is 1. The largest absolute Gasteiger partial charge is 0.344 e. The molecular weight excluding hydrogens is 224 g/mol. The first-order valence-electron chi connectivity index (χ1n) is 6.54. The van der Waals surface area contributed by atoms with E-state index in [2.05, 4.69) is 6.92 Å². The summed E-state index contributed by atoms with van der Waals surface area (Å²) in [6.07, 6.45) is 2.16. The third kappa shape index (κ3) is 3.84.